The number of methoxy groups -OCH3 is 1. The maximum absolute atomic E-state index is 12.8. The zero-order valence-electron chi connectivity index (χ0n) is 14.5. The molecule has 0 saturated heterocycles. The zero-order valence-corrected chi connectivity index (χ0v) is 16.1. The average Bonchev–Trinajstić information content (AvgIpc) is 2.49. The molecule has 6 heteroatoms. The van der Waals surface area contributed by atoms with Gasteiger partial charge in [-0.3, -0.25) is 0 Å². The molecule has 2 aromatic carbocycles. The first-order chi connectivity index (χ1) is 11.2. The minimum absolute atomic E-state index is 0.218. The van der Waals surface area contributed by atoms with Gasteiger partial charge in [0.15, 0.2) is 0 Å². The second kappa shape index (κ2) is 7.13. The Labute approximate surface area is 148 Å². The first-order valence-electron chi connectivity index (χ1n) is 7.57. The molecule has 0 unspecified atom stereocenters. The molecule has 0 aromatic heterocycles. The first kappa shape index (κ1) is 18.8. The molecule has 2 aromatic rings. The summed E-state index contributed by atoms with van der Waals surface area (Å²) in [6, 6.07) is 7.16. The molecule has 0 aliphatic carbocycles. The summed E-state index contributed by atoms with van der Waals surface area (Å²) in [5.41, 5.74) is 4.03. The van der Waals surface area contributed by atoms with E-state index in [-0.39, 0.29) is 6.54 Å². The van der Waals surface area contributed by atoms with E-state index in [9.17, 15) is 8.42 Å². The smallest absolute Gasteiger partial charge is 0.241 e. The van der Waals surface area contributed by atoms with Gasteiger partial charge < -0.3 is 4.74 Å². The van der Waals surface area contributed by atoms with Crippen LogP contribution in [0.1, 0.15) is 27.8 Å². The van der Waals surface area contributed by atoms with E-state index in [0.29, 0.717) is 26.8 Å². The second-order valence-electron chi connectivity index (χ2n) is 5.87. The number of rotatable bonds is 5. The van der Waals surface area contributed by atoms with Crippen molar-refractivity contribution in [1.82, 2.24) is 4.72 Å². The van der Waals surface area contributed by atoms with Crippen molar-refractivity contribution in [2.45, 2.75) is 39.1 Å². The molecule has 0 aliphatic heterocycles. The summed E-state index contributed by atoms with van der Waals surface area (Å²) in [4.78, 5) is 0.312. The maximum atomic E-state index is 12.8. The van der Waals surface area contributed by atoms with Crippen LogP contribution in [-0.4, -0.2) is 15.5 Å². The van der Waals surface area contributed by atoms with Gasteiger partial charge in [0.05, 0.1) is 12.0 Å². The summed E-state index contributed by atoms with van der Waals surface area (Å²) >= 11 is 5.94. The Bertz CT molecular complexity index is 876. The lowest BCUT2D eigenvalue weighted by Gasteiger charge is -2.17. The fourth-order valence-electron chi connectivity index (χ4n) is 2.75. The summed E-state index contributed by atoms with van der Waals surface area (Å²) < 4.78 is 33.6. The Hall–Kier alpha value is -1.56. The van der Waals surface area contributed by atoms with E-state index in [1.807, 2.05) is 26.0 Å². The number of benzene rings is 2. The lowest BCUT2D eigenvalue weighted by atomic mass is 10.1. The summed E-state index contributed by atoms with van der Waals surface area (Å²) in [5, 5.41) is 0.636. The van der Waals surface area contributed by atoms with E-state index in [1.54, 1.807) is 33.1 Å². The number of sulfonamides is 1. The van der Waals surface area contributed by atoms with Crippen LogP contribution in [0.25, 0.3) is 0 Å². The van der Waals surface area contributed by atoms with Crippen molar-refractivity contribution >= 4 is 21.6 Å². The fraction of sp³-hybridized carbons (Fsp3) is 0.333. The van der Waals surface area contributed by atoms with Crippen LogP contribution in [0.5, 0.6) is 5.75 Å². The largest absolute Gasteiger partial charge is 0.496 e. The highest BCUT2D eigenvalue weighted by molar-refractivity contribution is 7.89. The molecule has 0 saturated carbocycles. The van der Waals surface area contributed by atoms with Gasteiger partial charge in [-0.25, -0.2) is 13.1 Å². The average molecular weight is 368 g/mol. The highest BCUT2D eigenvalue weighted by Crippen LogP contribution is 2.30. The third kappa shape index (κ3) is 3.74. The van der Waals surface area contributed by atoms with Crippen LogP contribution in [0.3, 0.4) is 0 Å². The van der Waals surface area contributed by atoms with E-state index in [4.69, 9.17) is 16.3 Å². The number of hydrogen-bond donors (Lipinski definition) is 1. The zero-order chi connectivity index (χ0) is 18.1. The molecule has 130 valence electrons. The van der Waals surface area contributed by atoms with Crippen molar-refractivity contribution in [3.05, 3.63) is 57.1 Å². The number of ether oxygens (including phenoxy) is 1. The van der Waals surface area contributed by atoms with Gasteiger partial charge >= 0.3 is 0 Å². The first-order valence-corrected chi connectivity index (χ1v) is 9.43. The van der Waals surface area contributed by atoms with Crippen molar-refractivity contribution in [3.8, 4) is 5.75 Å². The van der Waals surface area contributed by atoms with Gasteiger partial charge in [-0.1, -0.05) is 17.7 Å². The monoisotopic (exact) mass is 367 g/mol. The third-order valence-electron chi connectivity index (χ3n) is 4.22. The molecule has 0 atom stereocenters. The number of nitrogens with one attached hydrogen (secondary N) is 1. The fourth-order valence-corrected chi connectivity index (χ4v) is 4.50. The van der Waals surface area contributed by atoms with Gasteiger partial charge in [-0.15, -0.1) is 0 Å². The van der Waals surface area contributed by atoms with Gasteiger partial charge in [0.2, 0.25) is 10.0 Å². The van der Waals surface area contributed by atoms with Crippen molar-refractivity contribution in [3.63, 3.8) is 0 Å². The van der Waals surface area contributed by atoms with Crippen molar-refractivity contribution in [2.75, 3.05) is 7.11 Å². The molecule has 0 spiro atoms. The Morgan fingerprint density at radius 3 is 2.29 bits per heavy atom. The minimum Gasteiger partial charge on any atom is -0.496 e. The molecule has 24 heavy (non-hydrogen) atoms. The molecule has 2 rings (SSSR count). The molecule has 0 radical (unpaired) electrons. The molecular weight excluding hydrogens is 346 g/mol. The Morgan fingerprint density at radius 1 is 1.04 bits per heavy atom. The SMILES string of the molecule is COc1cc(C)c(S(=O)(=O)NCc2ccc(Cl)cc2C)c(C)c1C. The number of aryl methyl sites for hydroxylation is 2. The van der Waals surface area contributed by atoms with Crippen LogP contribution in [-0.2, 0) is 16.6 Å². The van der Waals surface area contributed by atoms with Crippen molar-refractivity contribution in [2.24, 2.45) is 0 Å². The van der Waals surface area contributed by atoms with Gasteiger partial charge in [0.1, 0.15) is 5.75 Å². The normalized spacial score (nSPS) is 11.6. The topological polar surface area (TPSA) is 55.4 Å². The van der Waals surface area contributed by atoms with E-state index in [2.05, 4.69) is 4.72 Å². The molecule has 0 heterocycles. The molecule has 0 fully saturated rings. The van der Waals surface area contributed by atoms with E-state index in [0.717, 1.165) is 16.7 Å². The van der Waals surface area contributed by atoms with Crippen LogP contribution in [0, 0.1) is 27.7 Å². The Kier molecular flexibility index (Phi) is 5.58. The summed E-state index contributed by atoms with van der Waals surface area (Å²) in [6.45, 7) is 7.55. The molecular formula is C18H22ClNO3S. The predicted octanol–water partition coefficient (Wildman–Crippen LogP) is 4.06. The molecule has 1 N–H and O–H groups in total. The van der Waals surface area contributed by atoms with Gasteiger partial charge in [0.25, 0.3) is 0 Å². The Morgan fingerprint density at radius 2 is 1.71 bits per heavy atom. The van der Waals surface area contributed by atoms with Crippen molar-refractivity contribution < 1.29 is 13.2 Å². The molecule has 4 nitrogen and oxygen atoms in total. The molecule has 0 bridgehead atoms. The van der Waals surface area contributed by atoms with E-state index in [1.165, 1.54) is 0 Å². The van der Waals surface area contributed by atoms with Gasteiger partial charge in [-0.05, 0) is 73.7 Å². The second-order valence-corrected chi connectivity index (χ2v) is 8.01. The van der Waals surface area contributed by atoms with Crippen LogP contribution in [0.2, 0.25) is 5.02 Å². The summed E-state index contributed by atoms with van der Waals surface area (Å²) in [7, 11) is -2.05. The van der Waals surface area contributed by atoms with E-state index < -0.39 is 10.0 Å². The quantitative estimate of drug-likeness (QED) is 0.866. The standard InChI is InChI=1S/C18H22ClNO3S/c1-11-8-16(19)7-6-15(11)10-20-24(21,22)18-12(2)9-17(23-5)13(3)14(18)4/h6-9,20H,10H2,1-5H3. The highest BCUT2D eigenvalue weighted by atomic mass is 35.5. The molecule has 0 aliphatic rings. The van der Waals surface area contributed by atoms with Gasteiger partial charge in [-0.2, -0.15) is 0 Å². The number of hydrogen-bond acceptors (Lipinski definition) is 3. The maximum Gasteiger partial charge on any atom is 0.241 e. The minimum atomic E-state index is -3.63. The summed E-state index contributed by atoms with van der Waals surface area (Å²) in [5.74, 6) is 0.692. The van der Waals surface area contributed by atoms with Crippen LogP contribution in [0.15, 0.2) is 29.2 Å². The third-order valence-corrected chi connectivity index (χ3v) is 6.15. The lowest BCUT2D eigenvalue weighted by Crippen LogP contribution is -2.25. The highest BCUT2D eigenvalue weighted by Gasteiger charge is 2.22. The van der Waals surface area contributed by atoms with E-state index >= 15 is 0 Å². The van der Waals surface area contributed by atoms with Crippen LogP contribution >= 0.6 is 11.6 Å². The molecule has 0 amide bonds. The van der Waals surface area contributed by atoms with Crippen molar-refractivity contribution in [1.29, 1.82) is 0 Å². The van der Waals surface area contributed by atoms with Crippen LogP contribution < -0.4 is 9.46 Å². The Balaban J connectivity index is 2.36. The summed E-state index contributed by atoms with van der Waals surface area (Å²) in [6.07, 6.45) is 0. The van der Waals surface area contributed by atoms with Crippen LogP contribution in [0.4, 0.5) is 0 Å². The lowest BCUT2D eigenvalue weighted by molar-refractivity contribution is 0.410. The van der Waals surface area contributed by atoms with Gasteiger partial charge in [0, 0.05) is 11.6 Å². The predicted molar refractivity (Wildman–Crippen MR) is 97.4 cm³/mol. The number of halogens is 1.